The Hall–Kier alpha value is -1.55. The number of hydrogen-bond donors (Lipinski definition) is 2. The molecule has 0 aliphatic rings. The molecular weight excluding hydrogens is 240 g/mol. The van der Waals surface area contributed by atoms with Crippen molar-refractivity contribution in [1.29, 1.82) is 0 Å². The second-order valence-electron chi connectivity index (χ2n) is 4.85. The van der Waals surface area contributed by atoms with Gasteiger partial charge in [0.05, 0.1) is 0 Å². The van der Waals surface area contributed by atoms with Crippen LogP contribution in [0.3, 0.4) is 0 Å². The van der Waals surface area contributed by atoms with Crippen LogP contribution >= 0.6 is 0 Å². The fourth-order valence-electron chi connectivity index (χ4n) is 1.89. The van der Waals surface area contributed by atoms with Crippen LogP contribution in [0, 0.1) is 6.92 Å². The van der Waals surface area contributed by atoms with Gasteiger partial charge in [0.15, 0.2) is 6.61 Å². The number of hydrogen-bond acceptors (Lipinski definition) is 3. The summed E-state index contributed by atoms with van der Waals surface area (Å²) < 4.78 is 5.55. The monoisotopic (exact) mass is 264 g/mol. The van der Waals surface area contributed by atoms with E-state index in [1.165, 1.54) is 0 Å². The maximum absolute atomic E-state index is 11.7. The van der Waals surface area contributed by atoms with E-state index in [4.69, 9.17) is 10.5 Å². The molecule has 0 spiro atoms. The quantitative estimate of drug-likeness (QED) is 0.793. The van der Waals surface area contributed by atoms with Gasteiger partial charge in [-0.2, -0.15) is 0 Å². The normalized spacial score (nSPS) is 12.0. The van der Waals surface area contributed by atoms with Gasteiger partial charge in [-0.25, -0.2) is 0 Å². The Morgan fingerprint density at radius 3 is 2.84 bits per heavy atom. The van der Waals surface area contributed by atoms with E-state index in [0.717, 1.165) is 29.7 Å². The smallest absolute Gasteiger partial charge is 0.258 e. The minimum Gasteiger partial charge on any atom is -0.483 e. The summed E-state index contributed by atoms with van der Waals surface area (Å²) >= 11 is 0. The summed E-state index contributed by atoms with van der Waals surface area (Å²) in [5.41, 5.74) is 7.60. The molecule has 0 saturated carbocycles. The Morgan fingerprint density at radius 1 is 1.47 bits per heavy atom. The second kappa shape index (κ2) is 7.79. The third-order valence-electron chi connectivity index (χ3n) is 2.98. The first-order valence-electron chi connectivity index (χ1n) is 6.78. The van der Waals surface area contributed by atoms with Crippen molar-refractivity contribution in [2.24, 2.45) is 5.73 Å². The van der Waals surface area contributed by atoms with E-state index < -0.39 is 0 Å². The predicted octanol–water partition coefficient (Wildman–Crippen LogP) is 2.14. The molecule has 1 atom stereocenters. The maximum Gasteiger partial charge on any atom is 0.258 e. The van der Waals surface area contributed by atoms with Crippen molar-refractivity contribution in [3.8, 4) is 5.75 Å². The Labute approximate surface area is 115 Å². The van der Waals surface area contributed by atoms with Crippen molar-refractivity contribution < 1.29 is 9.53 Å². The zero-order valence-corrected chi connectivity index (χ0v) is 12.0. The van der Waals surface area contributed by atoms with Crippen LogP contribution in [0.15, 0.2) is 18.2 Å². The van der Waals surface area contributed by atoms with Crippen molar-refractivity contribution >= 4 is 5.91 Å². The van der Waals surface area contributed by atoms with E-state index in [1.54, 1.807) is 0 Å². The van der Waals surface area contributed by atoms with Crippen LogP contribution in [0.4, 0.5) is 0 Å². The zero-order valence-electron chi connectivity index (χ0n) is 12.0. The van der Waals surface area contributed by atoms with E-state index in [1.807, 2.05) is 32.0 Å². The number of nitrogens with one attached hydrogen (secondary N) is 1. The number of nitrogens with two attached hydrogens (primary N) is 1. The SMILES string of the molecule is CCCC(C)NC(=O)COc1cc(CN)ccc1C. The van der Waals surface area contributed by atoms with E-state index in [9.17, 15) is 4.79 Å². The van der Waals surface area contributed by atoms with Crippen LogP contribution in [-0.2, 0) is 11.3 Å². The summed E-state index contributed by atoms with van der Waals surface area (Å²) in [6.45, 7) is 6.56. The number of aryl methyl sites for hydroxylation is 1. The molecule has 0 aliphatic carbocycles. The highest BCUT2D eigenvalue weighted by molar-refractivity contribution is 5.77. The maximum atomic E-state index is 11.7. The molecule has 4 heteroatoms. The van der Waals surface area contributed by atoms with Crippen LogP contribution in [0.25, 0.3) is 0 Å². The molecular formula is C15H24N2O2. The predicted molar refractivity (Wildman–Crippen MR) is 77.1 cm³/mol. The Kier molecular flexibility index (Phi) is 6.36. The molecule has 0 radical (unpaired) electrons. The van der Waals surface area contributed by atoms with Crippen molar-refractivity contribution in [3.63, 3.8) is 0 Å². The number of amides is 1. The molecule has 4 nitrogen and oxygen atoms in total. The van der Waals surface area contributed by atoms with Gasteiger partial charge >= 0.3 is 0 Å². The first kappa shape index (κ1) is 15.5. The van der Waals surface area contributed by atoms with Crippen LogP contribution in [0.2, 0.25) is 0 Å². The fourth-order valence-corrected chi connectivity index (χ4v) is 1.89. The lowest BCUT2D eigenvalue weighted by Gasteiger charge is -2.14. The standard InChI is InChI=1S/C15H24N2O2/c1-4-5-12(3)17-15(18)10-19-14-8-13(9-16)7-6-11(14)2/h6-8,12H,4-5,9-10,16H2,1-3H3,(H,17,18). The molecule has 0 aliphatic heterocycles. The molecule has 19 heavy (non-hydrogen) atoms. The highest BCUT2D eigenvalue weighted by Crippen LogP contribution is 2.19. The summed E-state index contributed by atoms with van der Waals surface area (Å²) in [6, 6.07) is 6.00. The zero-order chi connectivity index (χ0) is 14.3. The first-order valence-corrected chi connectivity index (χ1v) is 6.78. The molecule has 0 heterocycles. The van der Waals surface area contributed by atoms with Crippen LogP contribution in [-0.4, -0.2) is 18.6 Å². The molecule has 0 fully saturated rings. The molecule has 1 unspecified atom stereocenters. The van der Waals surface area contributed by atoms with Crippen LogP contribution in [0.5, 0.6) is 5.75 Å². The highest BCUT2D eigenvalue weighted by atomic mass is 16.5. The summed E-state index contributed by atoms with van der Waals surface area (Å²) in [7, 11) is 0. The van der Waals surface area contributed by atoms with Gasteiger partial charge in [0.25, 0.3) is 5.91 Å². The Balaban J connectivity index is 2.50. The van der Waals surface area contributed by atoms with Crippen molar-refractivity contribution in [2.75, 3.05) is 6.61 Å². The lowest BCUT2D eigenvalue weighted by atomic mass is 10.1. The summed E-state index contributed by atoms with van der Waals surface area (Å²) in [5.74, 6) is 0.639. The molecule has 106 valence electrons. The van der Waals surface area contributed by atoms with Crippen LogP contribution < -0.4 is 15.8 Å². The number of benzene rings is 1. The van der Waals surface area contributed by atoms with Crippen molar-refractivity contribution in [1.82, 2.24) is 5.32 Å². The molecule has 0 bridgehead atoms. The number of carbonyl (C=O) groups is 1. The van der Waals surface area contributed by atoms with E-state index in [0.29, 0.717) is 6.54 Å². The topological polar surface area (TPSA) is 64.3 Å². The summed E-state index contributed by atoms with van der Waals surface area (Å²) in [6.07, 6.45) is 2.04. The van der Waals surface area contributed by atoms with Gasteiger partial charge in [0, 0.05) is 12.6 Å². The van der Waals surface area contributed by atoms with Gasteiger partial charge < -0.3 is 15.8 Å². The Morgan fingerprint density at radius 2 is 2.21 bits per heavy atom. The third kappa shape index (κ3) is 5.30. The van der Waals surface area contributed by atoms with Gasteiger partial charge in [0.2, 0.25) is 0 Å². The first-order chi connectivity index (χ1) is 9.06. The van der Waals surface area contributed by atoms with Gasteiger partial charge in [0.1, 0.15) is 5.75 Å². The average Bonchev–Trinajstić information content (AvgIpc) is 2.38. The fraction of sp³-hybridized carbons (Fsp3) is 0.533. The second-order valence-corrected chi connectivity index (χ2v) is 4.85. The third-order valence-corrected chi connectivity index (χ3v) is 2.98. The lowest BCUT2D eigenvalue weighted by Crippen LogP contribution is -2.36. The molecule has 3 N–H and O–H groups in total. The van der Waals surface area contributed by atoms with Gasteiger partial charge in [-0.05, 0) is 37.5 Å². The number of ether oxygens (including phenoxy) is 1. The van der Waals surface area contributed by atoms with E-state index in [2.05, 4.69) is 12.2 Å². The molecule has 1 amide bonds. The molecule has 0 saturated heterocycles. The van der Waals surface area contributed by atoms with E-state index >= 15 is 0 Å². The van der Waals surface area contributed by atoms with Crippen molar-refractivity contribution in [2.45, 2.75) is 46.2 Å². The summed E-state index contributed by atoms with van der Waals surface area (Å²) in [4.78, 5) is 11.7. The largest absolute Gasteiger partial charge is 0.483 e. The Bertz CT molecular complexity index is 419. The van der Waals surface area contributed by atoms with Gasteiger partial charge in [-0.3, -0.25) is 4.79 Å². The number of rotatable bonds is 7. The van der Waals surface area contributed by atoms with Gasteiger partial charge in [-0.1, -0.05) is 25.5 Å². The minimum atomic E-state index is -0.0847. The number of carbonyl (C=O) groups excluding carboxylic acids is 1. The van der Waals surface area contributed by atoms with Gasteiger partial charge in [-0.15, -0.1) is 0 Å². The molecule has 1 aromatic carbocycles. The molecule has 1 aromatic rings. The average molecular weight is 264 g/mol. The minimum absolute atomic E-state index is 0.0446. The molecule has 0 aromatic heterocycles. The highest BCUT2D eigenvalue weighted by Gasteiger charge is 2.08. The summed E-state index contributed by atoms with van der Waals surface area (Å²) in [5, 5.41) is 2.91. The lowest BCUT2D eigenvalue weighted by molar-refractivity contribution is -0.123. The van der Waals surface area contributed by atoms with Crippen LogP contribution in [0.1, 0.15) is 37.8 Å². The molecule has 1 rings (SSSR count). The van der Waals surface area contributed by atoms with Crippen molar-refractivity contribution in [3.05, 3.63) is 29.3 Å². The van der Waals surface area contributed by atoms with E-state index in [-0.39, 0.29) is 18.6 Å².